The molecule has 2 unspecified atom stereocenters. The molecule has 1 amide bonds. The first kappa shape index (κ1) is 27.9. The summed E-state index contributed by atoms with van der Waals surface area (Å²) < 4.78 is 43.6. The summed E-state index contributed by atoms with van der Waals surface area (Å²) in [5.41, 5.74) is 2.68. The van der Waals surface area contributed by atoms with E-state index in [2.05, 4.69) is 0 Å². The number of amides is 1. The van der Waals surface area contributed by atoms with Crippen molar-refractivity contribution >= 4 is 29.2 Å². The minimum atomic E-state index is -0.732. The second-order valence-corrected chi connectivity index (χ2v) is 10.9. The molecule has 6 nitrogen and oxygen atoms in total. The normalized spacial score (nSPS) is 19.0. The average molecular weight is 548 g/mol. The van der Waals surface area contributed by atoms with Crippen molar-refractivity contribution < 1.29 is 32.6 Å². The summed E-state index contributed by atoms with van der Waals surface area (Å²) in [4.78, 5) is 27.5. The Hall–Kier alpha value is -3.13. The van der Waals surface area contributed by atoms with Crippen molar-refractivity contribution in [2.45, 2.75) is 70.6 Å². The molecule has 0 aromatic heterocycles. The van der Waals surface area contributed by atoms with Gasteiger partial charge in [-0.3, -0.25) is 4.90 Å². The summed E-state index contributed by atoms with van der Waals surface area (Å²) in [6, 6.07) is 9.35. The highest BCUT2D eigenvalue weighted by molar-refractivity contribution is 6.32. The average Bonchev–Trinajstić information content (AvgIpc) is 3.18. The molecule has 2 aromatic carbocycles. The van der Waals surface area contributed by atoms with Crippen LogP contribution >= 0.6 is 11.6 Å². The summed E-state index contributed by atoms with van der Waals surface area (Å²) in [5, 5.41) is -0.365. The molecule has 1 fully saturated rings. The van der Waals surface area contributed by atoms with Gasteiger partial charge in [0.25, 0.3) is 0 Å². The molecule has 2 aliphatic heterocycles. The van der Waals surface area contributed by atoms with Crippen LogP contribution in [0.3, 0.4) is 0 Å². The fourth-order valence-corrected chi connectivity index (χ4v) is 5.32. The highest BCUT2D eigenvalue weighted by Gasteiger charge is 2.47. The van der Waals surface area contributed by atoms with Crippen molar-refractivity contribution in [1.29, 1.82) is 0 Å². The first-order chi connectivity index (χ1) is 18.0. The molecule has 2 aromatic rings. The zero-order chi connectivity index (χ0) is 27.6. The van der Waals surface area contributed by atoms with Gasteiger partial charge in [0, 0.05) is 6.04 Å². The third kappa shape index (κ3) is 5.96. The van der Waals surface area contributed by atoms with E-state index >= 15 is 0 Å². The summed E-state index contributed by atoms with van der Waals surface area (Å²) in [6.07, 6.45) is 2.79. The van der Waals surface area contributed by atoms with Crippen LogP contribution in [0.15, 0.2) is 42.0 Å². The van der Waals surface area contributed by atoms with E-state index in [4.69, 9.17) is 25.8 Å². The lowest BCUT2D eigenvalue weighted by molar-refractivity contribution is -0.136. The van der Waals surface area contributed by atoms with E-state index < -0.39 is 35.3 Å². The smallest absolute Gasteiger partial charge is 0.411 e. The van der Waals surface area contributed by atoms with Crippen molar-refractivity contribution in [3.8, 4) is 5.75 Å². The number of hydrogen-bond donors (Lipinski definition) is 0. The maximum atomic E-state index is 13.9. The zero-order valence-electron chi connectivity index (χ0n) is 22.0. The second kappa shape index (κ2) is 11.3. The molecular formula is C29H32ClF2NO5. The number of halogens is 3. The number of carbonyl (C=O) groups is 2. The van der Waals surface area contributed by atoms with Crippen LogP contribution in [0.1, 0.15) is 57.6 Å². The van der Waals surface area contributed by atoms with Gasteiger partial charge in [0.2, 0.25) is 0 Å². The molecule has 1 saturated heterocycles. The Morgan fingerprint density at radius 2 is 1.74 bits per heavy atom. The first-order valence-corrected chi connectivity index (χ1v) is 13.1. The SMILES string of the molecule is COC(=O)C1=C(c2ccc(CCCOc3c(F)ccc(F)c3Cl)cc2)CC2CCC1N2C(=O)OC(C)(C)C. The lowest BCUT2D eigenvalue weighted by Gasteiger charge is -2.38. The highest BCUT2D eigenvalue weighted by atomic mass is 35.5. The molecule has 4 rings (SSSR count). The van der Waals surface area contributed by atoms with Gasteiger partial charge < -0.3 is 14.2 Å². The fraction of sp³-hybridized carbons (Fsp3) is 0.448. The molecule has 0 radical (unpaired) electrons. The van der Waals surface area contributed by atoms with Crippen LogP contribution < -0.4 is 4.74 Å². The van der Waals surface area contributed by atoms with Crippen LogP contribution in [0.5, 0.6) is 5.75 Å². The molecule has 2 heterocycles. The Morgan fingerprint density at radius 3 is 2.39 bits per heavy atom. The van der Waals surface area contributed by atoms with Gasteiger partial charge >= 0.3 is 12.1 Å². The summed E-state index contributed by atoms with van der Waals surface area (Å²) in [5.74, 6) is -2.16. The monoisotopic (exact) mass is 547 g/mol. The molecule has 0 saturated carbocycles. The fourth-order valence-electron chi connectivity index (χ4n) is 5.11. The lowest BCUT2D eigenvalue weighted by atomic mass is 9.88. The van der Waals surface area contributed by atoms with Crippen molar-refractivity contribution in [2.24, 2.45) is 0 Å². The standard InChI is InChI=1S/C29H32ClF2NO5/c1-29(2,3)38-28(35)33-19-11-14-23(33)24(27(34)36-4)20(16-19)18-9-7-17(8-10-18)6-5-15-37-26-22(32)13-12-21(31)25(26)30/h7-10,12-13,19,23H,5-6,11,14-16H2,1-4H3. The highest BCUT2D eigenvalue weighted by Crippen LogP contribution is 2.44. The summed E-state index contributed by atoms with van der Waals surface area (Å²) in [6.45, 7) is 5.63. The molecule has 0 aliphatic carbocycles. The maximum absolute atomic E-state index is 13.9. The van der Waals surface area contributed by atoms with Crippen molar-refractivity contribution in [3.63, 3.8) is 0 Å². The molecule has 0 N–H and O–H groups in total. The largest absolute Gasteiger partial charge is 0.489 e. The van der Waals surface area contributed by atoms with Crippen molar-refractivity contribution in [3.05, 3.63) is 69.8 Å². The molecule has 38 heavy (non-hydrogen) atoms. The van der Waals surface area contributed by atoms with E-state index in [0.29, 0.717) is 31.3 Å². The van der Waals surface area contributed by atoms with Gasteiger partial charge in [-0.2, -0.15) is 0 Å². The minimum Gasteiger partial charge on any atom is -0.489 e. The van der Waals surface area contributed by atoms with Crippen LogP contribution in [0.2, 0.25) is 5.02 Å². The van der Waals surface area contributed by atoms with Gasteiger partial charge in [-0.05, 0) is 81.7 Å². The third-order valence-electron chi connectivity index (χ3n) is 6.77. The topological polar surface area (TPSA) is 65.1 Å². The van der Waals surface area contributed by atoms with Gasteiger partial charge in [0.05, 0.1) is 25.3 Å². The molecular weight excluding hydrogens is 516 g/mol. The molecule has 0 spiro atoms. The maximum Gasteiger partial charge on any atom is 0.411 e. The zero-order valence-corrected chi connectivity index (χ0v) is 22.7. The molecule has 2 aliphatic rings. The minimum absolute atomic E-state index is 0.0508. The van der Waals surface area contributed by atoms with Crippen LogP contribution in [0, 0.1) is 11.6 Å². The molecule has 2 bridgehead atoms. The van der Waals surface area contributed by atoms with Gasteiger partial charge in [-0.1, -0.05) is 35.9 Å². The Bertz CT molecular complexity index is 1240. The van der Waals surface area contributed by atoms with Crippen molar-refractivity contribution in [2.75, 3.05) is 13.7 Å². The number of carbonyl (C=O) groups excluding carboxylic acids is 2. The number of hydrogen-bond acceptors (Lipinski definition) is 5. The number of methoxy groups -OCH3 is 1. The van der Waals surface area contributed by atoms with Crippen LogP contribution in [-0.2, 0) is 20.7 Å². The Kier molecular flexibility index (Phi) is 8.31. The van der Waals surface area contributed by atoms with Crippen LogP contribution in [-0.4, -0.2) is 48.4 Å². The van der Waals surface area contributed by atoms with Crippen molar-refractivity contribution in [1.82, 2.24) is 4.90 Å². The number of aryl methyl sites for hydroxylation is 1. The van der Waals surface area contributed by atoms with E-state index in [1.165, 1.54) is 7.11 Å². The van der Waals surface area contributed by atoms with E-state index in [9.17, 15) is 18.4 Å². The second-order valence-electron chi connectivity index (χ2n) is 10.5. The van der Waals surface area contributed by atoms with Gasteiger partial charge in [0.15, 0.2) is 11.6 Å². The number of rotatable bonds is 7. The van der Waals surface area contributed by atoms with E-state index in [0.717, 1.165) is 35.3 Å². The third-order valence-corrected chi connectivity index (χ3v) is 7.12. The van der Waals surface area contributed by atoms with E-state index in [1.54, 1.807) is 4.90 Å². The Morgan fingerprint density at radius 1 is 1.05 bits per heavy atom. The van der Waals surface area contributed by atoms with E-state index in [1.807, 2.05) is 45.0 Å². The van der Waals surface area contributed by atoms with Gasteiger partial charge in [-0.15, -0.1) is 0 Å². The number of fused-ring (bicyclic) bond motifs is 2. The number of esters is 1. The molecule has 9 heteroatoms. The number of benzene rings is 2. The van der Waals surface area contributed by atoms with Crippen LogP contribution in [0.4, 0.5) is 13.6 Å². The van der Waals surface area contributed by atoms with Crippen LogP contribution in [0.25, 0.3) is 5.57 Å². The summed E-state index contributed by atoms with van der Waals surface area (Å²) in [7, 11) is 1.35. The molecule has 2 atom stereocenters. The number of nitrogens with zero attached hydrogens (tertiary/aromatic N) is 1. The number of ether oxygens (including phenoxy) is 3. The predicted octanol–water partition coefficient (Wildman–Crippen LogP) is 6.73. The Balaban J connectivity index is 1.46. The van der Waals surface area contributed by atoms with Gasteiger partial charge in [-0.25, -0.2) is 18.4 Å². The quantitative estimate of drug-likeness (QED) is 0.218. The van der Waals surface area contributed by atoms with E-state index in [-0.39, 0.29) is 23.4 Å². The molecule has 204 valence electrons. The summed E-state index contributed by atoms with van der Waals surface area (Å²) >= 11 is 5.80. The predicted molar refractivity (Wildman–Crippen MR) is 140 cm³/mol. The Labute approximate surface area is 226 Å². The first-order valence-electron chi connectivity index (χ1n) is 12.7. The van der Waals surface area contributed by atoms with Gasteiger partial charge in [0.1, 0.15) is 16.4 Å². The lowest BCUT2D eigenvalue weighted by Crippen LogP contribution is -2.48.